The molecular weight excluding hydrogens is 562 g/mol. The van der Waals surface area contributed by atoms with Gasteiger partial charge in [0.25, 0.3) is 0 Å². The molecule has 0 bridgehead atoms. The molecule has 8 nitrogen and oxygen atoms in total. The predicted octanol–water partition coefficient (Wildman–Crippen LogP) is 5.33. The Morgan fingerprint density at radius 1 is 0.884 bits per heavy atom. The first kappa shape index (κ1) is 32.1. The van der Waals surface area contributed by atoms with Crippen molar-refractivity contribution in [3.05, 3.63) is 96.1 Å². The molecule has 1 fully saturated rings. The number of hydrogen-bond donors (Lipinski definition) is 1. The van der Waals surface area contributed by atoms with Crippen molar-refractivity contribution in [2.24, 2.45) is 0 Å². The minimum Gasteiger partial charge on any atom is -0.497 e. The third-order valence-corrected chi connectivity index (χ3v) is 9.13. The van der Waals surface area contributed by atoms with Crippen molar-refractivity contribution in [2.45, 2.75) is 70.0 Å². The fourth-order valence-electron chi connectivity index (χ4n) is 5.63. The minimum atomic E-state index is -3.59. The van der Waals surface area contributed by atoms with Gasteiger partial charge in [-0.25, -0.2) is 8.42 Å². The molecule has 0 saturated heterocycles. The summed E-state index contributed by atoms with van der Waals surface area (Å²) < 4.78 is 31.9. The second-order valence-electron chi connectivity index (χ2n) is 11.2. The number of sulfonamides is 1. The third kappa shape index (κ3) is 9.58. The van der Waals surface area contributed by atoms with Crippen molar-refractivity contribution in [3.63, 3.8) is 0 Å². The van der Waals surface area contributed by atoms with Gasteiger partial charge in [0.15, 0.2) is 0 Å². The molecule has 0 aliphatic heterocycles. The summed E-state index contributed by atoms with van der Waals surface area (Å²) in [5, 5.41) is 3.25. The minimum absolute atomic E-state index is 0.0943. The summed E-state index contributed by atoms with van der Waals surface area (Å²) in [6, 6.07) is 25.6. The van der Waals surface area contributed by atoms with Crippen LogP contribution in [0.1, 0.15) is 56.1 Å². The lowest BCUT2D eigenvalue weighted by Crippen LogP contribution is -2.52. The molecule has 2 amide bonds. The zero-order chi connectivity index (χ0) is 30.7. The van der Waals surface area contributed by atoms with Crippen LogP contribution in [-0.4, -0.2) is 57.1 Å². The lowest BCUT2D eigenvalue weighted by molar-refractivity contribution is -0.141. The highest BCUT2D eigenvalue weighted by molar-refractivity contribution is 7.92. The number of nitrogens with one attached hydrogen (secondary N) is 1. The van der Waals surface area contributed by atoms with Crippen molar-refractivity contribution in [1.29, 1.82) is 0 Å². The molecule has 0 spiro atoms. The number of methoxy groups -OCH3 is 1. The molecule has 9 heteroatoms. The van der Waals surface area contributed by atoms with Crippen LogP contribution < -0.4 is 14.4 Å². The Hall–Kier alpha value is -3.85. The standard InChI is InChI=1S/C34H43N3O5S/c1-42-31-22-20-30(21-23-31)37(43(2,40)41)24-12-19-33(38)36(26-28-15-8-4-9-16-28)32(25-27-13-6-3-7-14-27)34(39)35-29-17-10-5-11-18-29/h3-4,6-9,13-16,20-23,29,32H,5,10-12,17-19,24-26H2,1-2H3,(H,35,39)/t32-/m0/s1. The van der Waals surface area contributed by atoms with E-state index in [4.69, 9.17) is 4.74 Å². The van der Waals surface area contributed by atoms with Crippen molar-refractivity contribution >= 4 is 27.5 Å². The maximum absolute atomic E-state index is 14.0. The van der Waals surface area contributed by atoms with E-state index in [1.165, 1.54) is 10.7 Å². The second-order valence-corrected chi connectivity index (χ2v) is 13.1. The number of rotatable bonds is 14. The van der Waals surface area contributed by atoms with E-state index in [2.05, 4.69) is 5.32 Å². The largest absolute Gasteiger partial charge is 0.497 e. The SMILES string of the molecule is COc1ccc(N(CCCC(=O)N(Cc2ccccc2)[C@@H](Cc2ccccc2)C(=O)NC2CCCCC2)S(C)(=O)=O)cc1. The summed E-state index contributed by atoms with van der Waals surface area (Å²) >= 11 is 0. The first-order valence-corrected chi connectivity index (χ1v) is 16.9. The quantitative estimate of drug-likeness (QED) is 0.268. The van der Waals surface area contributed by atoms with Gasteiger partial charge in [-0.15, -0.1) is 0 Å². The summed E-state index contributed by atoms with van der Waals surface area (Å²) in [7, 11) is -2.04. The van der Waals surface area contributed by atoms with Gasteiger partial charge in [0.05, 0.1) is 19.1 Å². The monoisotopic (exact) mass is 605 g/mol. The Morgan fingerprint density at radius 2 is 1.49 bits per heavy atom. The van der Waals surface area contributed by atoms with Crippen LogP contribution in [0.2, 0.25) is 0 Å². The number of hydrogen-bond acceptors (Lipinski definition) is 5. The van der Waals surface area contributed by atoms with Crippen molar-refractivity contribution < 1.29 is 22.7 Å². The van der Waals surface area contributed by atoms with E-state index < -0.39 is 16.1 Å². The Kier molecular flexibility index (Phi) is 11.6. The summed E-state index contributed by atoms with van der Waals surface area (Å²) in [5.41, 5.74) is 2.40. The molecule has 0 heterocycles. The van der Waals surface area contributed by atoms with Crippen molar-refractivity contribution in [1.82, 2.24) is 10.2 Å². The van der Waals surface area contributed by atoms with Crippen molar-refractivity contribution in [3.8, 4) is 5.75 Å². The molecule has 3 aromatic carbocycles. The zero-order valence-electron chi connectivity index (χ0n) is 25.2. The lowest BCUT2D eigenvalue weighted by atomic mass is 9.94. The van der Waals surface area contributed by atoms with Crippen LogP contribution in [0.4, 0.5) is 5.69 Å². The van der Waals surface area contributed by atoms with Gasteiger partial charge in [0.1, 0.15) is 11.8 Å². The zero-order valence-corrected chi connectivity index (χ0v) is 26.0. The van der Waals surface area contributed by atoms with Crippen LogP contribution in [0.25, 0.3) is 0 Å². The maximum Gasteiger partial charge on any atom is 0.243 e. The van der Waals surface area contributed by atoms with Crippen LogP contribution in [0.15, 0.2) is 84.9 Å². The Morgan fingerprint density at radius 3 is 2.07 bits per heavy atom. The number of nitrogens with zero attached hydrogens (tertiary/aromatic N) is 2. The predicted molar refractivity (Wildman–Crippen MR) is 170 cm³/mol. The highest BCUT2D eigenvalue weighted by atomic mass is 32.2. The molecule has 0 aromatic heterocycles. The molecule has 1 saturated carbocycles. The molecule has 1 aliphatic carbocycles. The molecular formula is C34H43N3O5S. The third-order valence-electron chi connectivity index (χ3n) is 7.93. The van der Waals surface area contributed by atoms with Crippen LogP contribution in [0.5, 0.6) is 5.75 Å². The van der Waals surface area contributed by atoms with E-state index in [0.717, 1.165) is 43.1 Å². The van der Waals surface area contributed by atoms with Gasteiger partial charge in [0.2, 0.25) is 21.8 Å². The molecule has 1 aliphatic rings. The van der Waals surface area contributed by atoms with E-state index in [1.54, 1.807) is 36.3 Å². The first-order chi connectivity index (χ1) is 20.7. The Labute approximate surface area is 256 Å². The number of ether oxygens (including phenoxy) is 1. The normalized spacial score (nSPS) is 14.5. The van der Waals surface area contributed by atoms with Crippen molar-refractivity contribution in [2.75, 3.05) is 24.2 Å². The molecule has 230 valence electrons. The Bertz CT molecular complexity index is 1410. The molecule has 0 radical (unpaired) electrons. The fourth-order valence-corrected chi connectivity index (χ4v) is 6.60. The number of anilines is 1. The summed E-state index contributed by atoms with van der Waals surface area (Å²) in [6.45, 7) is 0.414. The topological polar surface area (TPSA) is 96.0 Å². The molecule has 1 N–H and O–H groups in total. The fraction of sp³-hybridized carbons (Fsp3) is 0.412. The molecule has 4 rings (SSSR count). The highest BCUT2D eigenvalue weighted by Crippen LogP contribution is 2.23. The van der Waals surface area contributed by atoms with Gasteiger partial charge >= 0.3 is 0 Å². The maximum atomic E-state index is 14.0. The molecule has 1 atom stereocenters. The van der Waals surface area contributed by atoms with Gasteiger partial charge in [-0.1, -0.05) is 79.9 Å². The van der Waals surface area contributed by atoms with Gasteiger partial charge in [-0.2, -0.15) is 0 Å². The first-order valence-electron chi connectivity index (χ1n) is 15.0. The van der Waals surface area contributed by atoms with Crippen LogP contribution in [-0.2, 0) is 32.6 Å². The van der Waals surface area contributed by atoms with Gasteiger partial charge < -0.3 is 15.0 Å². The Balaban J connectivity index is 1.56. The second kappa shape index (κ2) is 15.6. The van der Waals surface area contributed by atoms with Gasteiger partial charge in [-0.05, 0) is 54.7 Å². The van der Waals surface area contributed by atoms with Crippen LogP contribution >= 0.6 is 0 Å². The average Bonchev–Trinajstić information content (AvgIpc) is 3.02. The summed E-state index contributed by atoms with van der Waals surface area (Å²) in [6.07, 6.45) is 7.19. The smallest absolute Gasteiger partial charge is 0.243 e. The van der Waals surface area contributed by atoms with E-state index in [-0.39, 0.29) is 37.4 Å². The van der Waals surface area contributed by atoms with E-state index in [0.29, 0.717) is 24.3 Å². The van der Waals surface area contributed by atoms with E-state index >= 15 is 0 Å². The molecule has 3 aromatic rings. The summed E-state index contributed by atoms with van der Waals surface area (Å²) in [4.78, 5) is 29.6. The van der Waals surface area contributed by atoms with E-state index in [9.17, 15) is 18.0 Å². The van der Waals surface area contributed by atoms with Crippen LogP contribution in [0, 0.1) is 0 Å². The van der Waals surface area contributed by atoms with E-state index in [1.807, 2.05) is 60.7 Å². The average molecular weight is 606 g/mol. The molecule has 0 unspecified atom stereocenters. The number of amides is 2. The highest BCUT2D eigenvalue weighted by Gasteiger charge is 2.32. The van der Waals surface area contributed by atoms with Crippen LogP contribution in [0.3, 0.4) is 0 Å². The number of carbonyl (C=O) groups is 2. The molecule has 43 heavy (non-hydrogen) atoms. The van der Waals surface area contributed by atoms with Gasteiger partial charge in [0, 0.05) is 32.0 Å². The lowest BCUT2D eigenvalue weighted by Gasteiger charge is -2.34. The number of benzene rings is 3. The summed E-state index contributed by atoms with van der Waals surface area (Å²) in [5.74, 6) is 0.294. The number of carbonyl (C=O) groups excluding carboxylic acids is 2. The van der Waals surface area contributed by atoms with Gasteiger partial charge in [-0.3, -0.25) is 13.9 Å².